The molecule has 1 aliphatic heterocycles. The number of nitrogens with zero attached hydrogens (tertiary/aromatic N) is 4. The van der Waals surface area contributed by atoms with E-state index in [0.717, 1.165) is 6.41 Å². The molecular weight excluding hydrogens is 350 g/mol. The normalized spacial score (nSPS) is 13.9. The number of carbonyl (C=O) groups is 2. The monoisotopic (exact) mass is 371 g/mol. The van der Waals surface area contributed by atoms with E-state index in [0.29, 0.717) is 49.2 Å². The van der Waals surface area contributed by atoms with Crippen molar-refractivity contribution in [1.29, 1.82) is 0 Å². The Morgan fingerprint density at radius 1 is 1.07 bits per heavy atom. The number of hydrogen-bond acceptors (Lipinski definition) is 7. The van der Waals surface area contributed by atoms with Gasteiger partial charge in [-0.1, -0.05) is 0 Å². The second-order valence-electron chi connectivity index (χ2n) is 5.93. The number of anilines is 2. The van der Waals surface area contributed by atoms with Gasteiger partial charge in [0.25, 0.3) is 5.91 Å². The number of aromatic nitrogens is 2. The minimum atomic E-state index is -0.196. The summed E-state index contributed by atoms with van der Waals surface area (Å²) in [5, 5.41) is 11.2. The maximum absolute atomic E-state index is 12.5. The Labute approximate surface area is 156 Å². The van der Waals surface area contributed by atoms with Gasteiger partial charge < -0.3 is 24.6 Å². The van der Waals surface area contributed by atoms with E-state index in [4.69, 9.17) is 9.47 Å². The first-order valence-corrected chi connectivity index (χ1v) is 8.46. The molecule has 0 spiro atoms. The number of piperazine rings is 1. The lowest BCUT2D eigenvalue weighted by molar-refractivity contribution is -0.119. The Morgan fingerprint density at radius 2 is 1.85 bits per heavy atom. The highest BCUT2D eigenvalue weighted by atomic mass is 16.5. The molecule has 3 rings (SSSR count). The summed E-state index contributed by atoms with van der Waals surface area (Å²) in [4.78, 5) is 26.6. The number of benzene rings is 1. The number of hydrogen-bond donors (Lipinski definition) is 1. The van der Waals surface area contributed by atoms with Gasteiger partial charge in [-0.15, -0.1) is 10.2 Å². The lowest BCUT2D eigenvalue weighted by atomic mass is 10.2. The van der Waals surface area contributed by atoms with E-state index in [-0.39, 0.29) is 11.6 Å². The van der Waals surface area contributed by atoms with Gasteiger partial charge >= 0.3 is 0 Å². The number of rotatable bonds is 6. The van der Waals surface area contributed by atoms with E-state index in [1.54, 1.807) is 54.4 Å². The van der Waals surface area contributed by atoms with Crippen LogP contribution in [0.5, 0.6) is 11.5 Å². The zero-order valence-corrected chi connectivity index (χ0v) is 15.2. The van der Waals surface area contributed by atoms with Crippen molar-refractivity contribution in [2.75, 3.05) is 45.7 Å². The van der Waals surface area contributed by atoms with Crippen LogP contribution in [0, 0.1) is 0 Å². The molecule has 0 radical (unpaired) electrons. The van der Waals surface area contributed by atoms with Crippen LogP contribution >= 0.6 is 0 Å². The third kappa shape index (κ3) is 4.25. The standard InChI is InChI=1S/C18H21N5O4/c1-26-13-3-5-16(27-2)15(11-13)19-17-6-4-14(20-21-17)18(25)23-9-7-22(12-24)8-10-23/h3-6,11-12H,7-10H2,1-2H3,(H,19,21). The Bertz CT molecular complexity index is 804. The highest BCUT2D eigenvalue weighted by Gasteiger charge is 2.22. The number of amides is 2. The Kier molecular flexibility index (Phi) is 5.70. The Balaban J connectivity index is 1.69. The van der Waals surface area contributed by atoms with Gasteiger partial charge in [0.05, 0.1) is 19.9 Å². The molecule has 142 valence electrons. The van der Waals surface area contributed by atoms with Crippen molar-refractivity contribution in [3.8, 4) is 11.5 Å². The molecule has 1 fully saturated rings. The number of ether oxygens (including phenoxy) is 2. The van der Waals surface area contributed by atoms with Crippen molar-refractivity contribution in [2.45, 2.75) is 0 Å². The maximum Gasteiger partial charge on any atom is 0.274 e. The molecule has 2 heterocycles. The molecule has 9 nitrogen and oxygen atoms in total. The molecule has 0 bridgehead atoms. The number of methoxy groups -OCH3 is 2. The summed E-state index contributed by atoms with van der Waals surface area (Å²) in [5.74, 6) is 1.58. The molecule has 1 aromatic heterocycles. The van der Waals surface area contributed by atoms with Crippen molar-refractivity contribution in [2.24, 2.45) is 0 Å². The van der Waals surface area contributed by atoms with Crippen molar-refractivity contribution < 1.29 is 19.1 Å². The van der Waals surface area contributed by atoms with Crippen LogP contribution in [0.1, 0.15) is 10.5 Å². The predicted octanol–water partition coefficient (Wildman–Crippen LogP) is 1.15. The zero-order chi connectivity index (χ0) is 19.2. The van der Waals surface area contributed by atoms with Gasteiger partial charge in [0.15, 0.2) is 11.5 Å². The molecule has 0 atom stereocenters. The van der Waals surface area contributed by atoms with Gasteiger partial charge in [-0.3, -0.25) is 9.59 Å². The van der Waals surface area contributed by atoms with Gasteiger partial charge in [-0.05, 0) is 24.3 Å². The van der Waals surface area contributed by atoms with Gasteiger partial charge in [0.2, 0.25) is 6.41 Å². The average molecular weight is 371 g/mol. The van der Waals surface area contributed by atoms with E-state index in [1.165, 1.54) is 0 Å². The molecule has 27 heavy (non-hydrogen) atoms. The van der Waals surface area contributed by atoms with E-state index in [9.17, 15) is 9.59 Å². The van der Waals surface area contributed by atoms with Crippen LogP contribution < -0.4 is 14.8 Å². The van der Waals surface area contributed by atoms with Crippen molar-refractivity contribution >= 4 is 23.8 Å². The van der Waals surface area contributed by atoms with Gasteiger partial charge in [0.1, 0.15) is 11.5 Å². The summed E-state index contributed by atoms with van der Waals surface area (Å²) in [6, 6.07) is 8.66. The molecule has 2 aromatic rings. The molecule has 1 aromatic carbocycles. The molecule has 0 aliphatic carbocycles. The summed E-state index contributed by atoms with van der Waals surface area (Å²) in [5.41, 5.74) is 0.938. The highest BCUT2D eigenvalue weighted by molar-refractivity contribution is 5.92. The smallest absolute Gasteiger partial charge is 0.274 e. The molecule has 2 amide bonds. The summed E-state index contributed by atoms with van der Waals surface area (Å²) < 4.78 is 10.5. The first kappa shape index (κ1) is 18.4. The minimum Gasteiger partial charge on any atom is -0.497 e. The first-order valence-electron chi connectivity index (χ1n) is 8.46. The number of nitrogens with one attached hydrogen (secondary N) is 1. The second kappa shape index (κ2) is 8.35. The Morgan fingerprint density at radius 3 is 2.44 bits per heavy atom. The molecule has 1 N–H and O–H groups in total. The third-order valence-electron chi connectivity index (χ3n) is 4.30. The topological polar surface area (TPSA) is 96.9 Å². The van der Waals surface area contributed by atoms with Crippen LogP contribution in [-0.2, 0) is 4.79 Å². The number of carbonyl (C=O) groups excluding carboxylic acids is 2. The van der Waals surface area contributed by atoms with Gasteiger partial charge in [-0.2, -0.15) is 0 Å². The first-order chi connectivity index (χ1) is 13.1. The fourth-order valence-electron chi connectivity index (χ4n) is 2.76. The van der Waals surface area contributed by atoms with Crippen LogP contribution in [-0.4, -0.2) is 72.7 Å². The molecule has 9 heteroatoms. The van der Waals surface area contributed by atoms with E-state index >= 15 is 0 Å². The summed E-state index contributed by atoms with van der Waals surface area (Å²) in [6.07, 6.45) is 0.801. The van der Waals surface area contributed by atoms with Crippen molar-refractivity contribution in [3.05, 3.63) is 36.0 Å². The van der Waals surface area contributed by atoms with Crippen LogP contribution in [0.4, 0.5) is 11.5 Å². The van der Waals surface area contributed by atoms with Crippen molar-refractivity contribution in [1.82, 2.24) is 20.0 Å². The predicted molar refractivity (Wildman–Crippen MR) is 98.4 cm³/mol. The quantitative estimate of drug-likeness (QED) is 0.761. The van der Waals surface area contributed by atoms with Gasteiger partial charge in [-0.25, -0.2) is 0 Å². The average Bonchev–Trinajstić information content (AvgIpc) is 2.73. The molecule has 0 unspecified atom stereocenters. The van der Waals surface area contributed by atoms with E-state index in [2.05, 4.69) is 15.5 Å². The van der Waals surface area contributed by atoms with Gasteiger partial charge in [0, 0.05) is 32.2 Å². The highest BCUT2D eigenvalue weighted by Crippen LogP contribution is 2.30. The summed E-state index contributed by atoms with van der Waals surface area (Å²) in [7, 11) is 3.16. The van der Waals surface area contributed by atoms with Crippen LogP contribution in [0.2, 0.25) is 0 Å². The largest absolute Gasteiger partial charge is 0.497 e. The minimum absolute atomic E-state index is 0.196. The SMILES string of the molecule is COc1ccc(OC)c(Nc2ccc(C(=O)N3CCN(C=O)CC3)nn2)c1. The fourth-order valence-corrected chi connectivity index (χ4v) is 2.76. The van der Waals surface area contributed by atoms with Crippen molar-refractivity contribution in [3.63, 3.8) is 0 Å². The second-order valence-corrected chi connectivity index (χ2v) is 5.93. The molecule has 1 saturated heterocycles. The van der Waals surface area contributed by atoms with Crippen LogP contribution in [0.3, 0.4) is 0 Å². The van der Waals surface area contributed by atoms with E-state index < -0.39 is 0 Å². The van der Waals surface area contributed by atoms with E-state index in [1.807, 2.05) is 0 Å². The lowest BCUT2D eigenvalue weighted by Gasteiger charge is -2.32. The molecular formula is C18H21N5O4. The third-order valence-corrected chi connectivity index (χ3v) is 4.30. The van der Waals surface area contributed by atoms with Crippen LogP contribution in [0.15, 0.2) is 30.3 Å². The molecule has 1 aliphatic rings. The maximum atomic E-state index is 12.5. The lowest BCUT2D eigenvalue weighted by Crippen LogP contribution is -2.48. The molecule has 0 saturated carbocycles. The zero-order valence-electron chi connectivity index (χ0n) is 15.2. The fraction of sp³-hybridized carbons (Fsp3) is 0.333. The summed E-state index contributed by atoms with van der Waals surface area (Å²) in [6.45, 7) is 2.02. The summed E-state index contributed by atoms with van der Waals surface area (Å²) >= 11 is 0. The van der Waals surface area contributed by atoms with Crippen LogP contribution in [0.25, 0.3) is 0 Å². The Hall–Kier alpha value is -3.36.